The molecule has 14 heavy (non-hydrogen) atoms. The minimum absolute atomic E-state index is 0.0103. The molecule has 0 spiro atoms. The maximum absolute atomic E-state index is 11.4. The average Bonchev–Trinajstić information content (AvgIpc) is 2.65. The van der Waals surface area contributed by atoms with E-state index in [9.17, 15) is 4.79 Å². The van der Waals surface area contributed by atoms with Crippen LogP contribution in [0.5, 0.6) is 0 Å². The number of amides is 2. The molecule has 0 bridgehead atoms. The summed E-state index contributed by atoms with van der Waals surface area (Å²) < 4.78 is 5.34. The fourth-order valence-corrected chi connectivity index (χ4v) is 1.72. The van der Waals surface area contributed by atoms with Gasteiger partial charge in [-0.15, -0.1) is 0 Å². The van der Waals surface area contributed by atoms with Crippen molar-refractivity contribution in [3.63, 3.8) is 0 Å². The SMILES string of the molecule is CNC(=O)N1CCCC1COCCN. The second kappa shape index (κ2) is 5.82. The predicted octanol–water partition coefficient (Wildman–Crippen LogP) is -0.234. The summed E-state index contributed by atoms with van der Waals surface area (Å²) in [5.74, 6) is 0. The molecule has 1 saturated heterocycles. The Bertz CT molecular complexity index is 187. The molecule has 2 amide bonds. The molecule has 0 radical (unpaired) electrons. The molecule has 3 N–H and O–H groups in total. The molecule has 1 aliphatic heterocycles. The molecule has 0 aromatic carbocycles. The summed E-state index contributed by atoms with van der Waals surface area (Å²) in [6.07, 6.45) is 2.09. The van der Waals surface area contributed by atoms with E-state index < -0.39 is 0 Å². The Morgan fingerprint density at radius 1 is 1.71 bits per heavy atom. The van der Waals surface area contributed by atoms with E-state index in [1.165, 1.54) is 0 Å². The highest BCUT2D eigenvalue weighted by molar-refractivity contribution is 5.74. The van der Waals surface area contributed by atoms with Crippen LogP contribution in [0.4, 0.5) is 4.79 Å². The molecule has 0 aliphatic carbocycles. The molecule has 1 aliphatic rings. The number of nitrogens with one attached hydrogen (secondary N) is 1. The van der Waals surface area contributed by atoms with Crippen molar-refractivity contribution in [2.75, 3.05) is 33.4 Å². The first kappa shape index (κ1) is 11.3. The minimum atomic E-state index is -0.0103. The van der Waals surface area contributed by atoms with Gasteiger partial charge in [0.25, 0.3) is 0 Å². The molecule has 0 aromatic rings. The lowest BCUT2D eigenvalue weighted by molar-refractivity contribution is 0.0909. The monoisotopic (exact) mass is 201 g/mol. The molecule has 1 fully saturated rings. The van der Waals surface area contributed by atoms with Crippen molar-refractivity contribution >= 4 is 6.03 Å². The van der Waals surface area contributed by atoms with E-state index in [0.717, 1.165) is 19.4 Å². The number of nitrogens with zero attached hydrogens (tertiary/aromatic N) is 1. The zero-order chi connectivity index (χ0) is 10.4. The van der Waals surface area contributed by atoms with Crippen LogP contribution in [-0.2, 0) is 4.74 Å². The second-order valence-electron chi connectivity index (χ2n) is 3.41. The molecule has 5 nitrogen and oxygen atoms in total. The summed E-state index contributed by atoms with van der Waals surface area (Å²) in [7, 11) is 1.65. The highest BCUT2D eigenvalue weighted by Crippen LogP contribution is 2.17. The van der Waals surface area contributed by atoms with Crippen LogP contribution in [0, 0.1) is 0 Å². The number of likely N-dealkylation sites (tertiary alicyclic amines) is 1. The Morgan fingerprint density at radius 2 is 2.50 bits per heavy atom. The molecule has 1 atom stereocenters. The third-order valence-corrected chi connectivity index (χ3v) is 2.42. The van der Waals surface area contributed by atoms with Gasteiger partial charge in [-0.25, -0.2) is 4.79 Å². The van der Waals surface area contributed by atoms with Gasteiger partial charge in [0.1, 0.15) is 0 Å². The zero-order valence-electron chi connectivity index (χ0n) is 8.66. The fourth-order valence-electron chi connectivity index (χ4n) is 1.72. The van der Waals surface area contributed by atoms with Crippen molar-refractivity contribution in [1.29, 1.82) is 0 Å². The summed E-state index contributed by atoms with van der Waals surface area (Å²) in [4.78, 5) is 13.2. The van der Waals surface area contributed by atoms with Gasteiger partial charge in [-0.2, -0.15) is 0 Å². The summed E-state index contributed by atoms with van der Waals surface area (Å²) in [6, 6.07) is 0.213. The van der Waals surface area contributed by atoms with E-state index in [2.05, 4.69) is 5.32 Å². The molecule has 82 valence electrons. The molecule has 1 unspecified atom stereocenters. The summed E-state index contributed by atoms with van der Waals surface area (Å²) >= 11 is 0. The van der Waals surface area contributed by atoms with Crippen molar-refractivity contribution in [3.8, 4) is 0 Å². The number of urea groups is 1. The molecular weight excluding hydrogens is 182 g/mol. The molecule has 5 heteroatoms. The van der Waals surface area contributed by atoms with E-state index in [-0.39, 0.29) is 12.1 Å². The van der Waals surface area contributed by atoms with Crippen LogP contribution >= 0.6 is 0 Å². The number of carbonyl (C=O) groups excluding carboxylic acids is 1. The van der Waals surface area contributed by atoms with Gasteiger partial charge in [0.15, 0.2) is 0 Å². The van der Waals surface area contributed by atoms with Crippen molar-refractivity contribution in [2.45, 2.75) is 18.9 Å². The van der Waals surface area contributed by atoms with Crippen LogP contribution in [0.1, 0.15) is 12.8 Å². The van der Waals surface area contributed by atoms with Crippen LogP contribution < -0.4 is 11.1 Å². The van der Waals surface area contributed by atoms with E-state index in [1.807, 2.05) is 4.90 Å². The molecule has 0 aromatic heterocycles. The number of nitrogens with two attached hydrogens (primary N) is 1. The van der Waals surface area contributed by atoms with Gasteiger partial charge < -0.3 is 20.7 Å². The van der Waals surface area contributed by atoms with Gasteiger partial charge >= 0.3 is 6.03 Å². The van der Waals surface area contributed by atoms with Gasteiger partial charge in [0.2, 0.25) is 0 Å². The summed E-state index contributed by atoms with van der Waals surface area (Å²) in [5.41, 5.74) is 5.32. The molecule has 1 rings (SSSR count). The number of ether oxygens (including phenoxy) is 1. The predicted molar refractivity (Wildman–Crippen MR) is 54.1 cm³/mol. The van der Waals surface area contributed by atoms with E-state index in [0.29, 0.717) is 19.8 Å². The number of hydrogen-bond donors (Lipinski definition) is 2. The highest BCUT2D eigenvalue weighted by Gasteiger charge is 2.27. The van der Waals surface area contributed by atoms with Gasteiger partial charge in [-0.1, -0.05) is 0 Å². The fraction of sp³-hybridized carbons (Fsp3) is 0.889. The van der Waals surface area contributed by atoms with Crippen molar-refractivity contribution < 1.29 is 9.53 Å². The van der Waals surface area contributed by atoms with Crippen molar-refractivity contribution in [2.24, 2.45) is 5.73 Å². The van der Waals surface area contributed by atoms with E-state index in [1.54, 1.807) is 7.05 Å². The summed E-state index contributed by atoms with van der Waals surface area (Å²) in [6.45, 7) is 2.53. The minimum Gasteiger partial charge on any atom is -0.378 e. The highest BCUT2D eigenvalue weighted by atomic mass is 16.5. The van der Waals surface area contributed by atoms with Crippen LogP contribution in [0.25, 0.3) is 0 Å². The summed E-state index contributed by atoms with van der Waals surface area (Å²) in [5, 5.41) is 2.63. The zero-order valence-corrected chi connectivity index (χ0v) is 8.66. The topological polar surface area (TPSA) is 67.6 Å². The standard InChI is InChI=1S/C9H19N3O2/c1-11-9(13)12-5-2-3-8(12)7-14-6-4-10/h8H,2-7,10H2,1H3,(H,11,13). The Balaban J connectivity index is 2.31. The number of rotatable bonds is 4. The van der Waals surface area contributed by atoms with Crippen molar-refractivity contribution in [3.05, 3.63) is 0 Å². The Labute approximate surface area is 84.6 Å². The first-order chi connectivity index (χ1) is 6.79. The third kappa shape index (κ3) is 2.85. The van der Waals surface area contributed by atoms with Crippen molar-refractivity contribution in [1.82, 2.24) is 10.2 Å². The van der Waals surface area contributed by atoms with Crippen LogP contribution in [0.3, 0.4) is 0 Å². The van der Waals surface area contributed by atoms with Gasteiger partial charge in [-0.3, -0.25) is 0 Å². The van der Waals surface area contributed by atoms with E-state index in [4.69, 9.17) is 10.5 Å². The third-order valence-electron chi connectivity index (χ3n) is 2.42. The number of hydrogen-bond acceptors (Lipinski definition) is 3. The maximum atomic E-state index is 11.4. The first-order valence-corrected chi connectivity index (χ1v) is 5.05. The molecule has 1 heterocycles. The maximum Gasteiger partial charge on any atom is 0.317 e. The van der Waals surface area contributed by atoms with Gasteiger partial charge in [0, 0.05) is 20.1 Å². The number of carbonyl (C=O) groups is 1. The second-order valence-corrected chi connectivity index (χ2v) is 3.41. The lowest BCUT2D eigenvalue weighted by Gasteiger charge is -2.23. The van der Waals surface area contributed by atoms with Crippen LogP contribution in [0.2, 0.25) is 0 Å². The van der Waals surface area contributed by atoms with Crippen LogP contribution in [-0.4, -0.2) is 50.3 Å². The quantitative estimate of drug-likeness (QED) is 0.617. The Morgan fingerprint density at radius 3 is 3.14 bits per heavy atom. The van der Waals surface area contributed by atoms with Gasteiger partial charge in [-0.05, 0) is 12.8 Å². The molecular formula is C9H19N3O2. The molecule has 0 saturated carbocycles. The first-order valence-electron chi connectivity index (χ1n) is 5.05. The Kier molecular flexibility index (Phi) is 4.69. The van der Waals surface area contributed by atoms with E-state index >= 15 is 0 Å². The Hall–Kier alpha value is -0.810. The average molecular weight is 201 g/mol. The lowest BCUT2D eigenvalue weighted by atomic mass is 10.2. The lowest BCUT2D eigenvalue weighted by Crippen LogP contribution is -2.43. The van der Waals surface area contributed by atoms with Crippen LogP contribution in [0.15, 0.2) is 0 Å². The largest absolute Gasteiger partial charge is 0.378 e. The van der Waals surface area contributed by atoms with Gasteiger partial charge in [0.05, 0.1) is 19.3 Å². The smallest absolute Gasteiger partial charge is 0.317 e. The normalized spacial score (nSPS) is 21.3.